The number of nitrogens with zero attached hydrogens (tertiary/aromatic N) is 1. The fraction of sp³-hybridized carbons (Fsp3) is 0.588. The van der Waals surface area contributed by atoms with E-state index in [2.05, 4.69) is 4.90 Å². The van der Waals surface area contributed by atoms with Crippen LogP contribution in [-0.4, -0.2) is 54.9 Å². The summed E-state index contributed by atoms with van der Waals surface area (Å²) in [4.78, 5) is 13.8. The molecule has 0 bridgehead atoms. The molecule has 6 heteroatoms. The second kappa shape index (κ2) is 9.11. The summed E-state index contributed by atoms with van der Waals surface area (Å²) >= 11 is 5.81. The molecule has 0 amide bonds. The number of ether oxygens (including phenoxy) is 2. The second-order valence-corrected chi connectivity index (χ2v) is 6.18. The quantitative estimate of drug-likeness (QED) is 0.771. The van der Waals surface area contributed by atoms with E-state index in [9.17, 15) is 9.90 Å². The number of carbonyl (C=O) groups excluding carboxylic acids is 1. The molecule has 1 aliphatic heterocycles. The highest BCUT2D eigenvalue weighted by molar-refractivity contribution is 6.30. The van der Waals surface area contributed by atoms with Crippen molar-refractivity contribution in [3.63, 3.8) is 0 Å². The first kappa shape index (κ1) is 18.0. The highest BCUT2D eigenvalue weighted by Gasteiger charge is 2.26. The Morgan fingerprint density at radius 3 is 2.61 bits per heavy atom. The average molecular weight is 342 g/mol. The lowest BCUT2D eigenvalue weighted by Gasteiger charge is -2.32. The van der Waals surface area contributed by atoms with E-state index in [1.54, 1.807) is 24.3 Å². The van der Waals surface area contributed by atoms with Gasteiger partial charge in [-0.15, -0.1) is 0 Å². The standard InChI is InChI=1S/C17H24ClNO4/c1-2-22-17(21)13-7-9-19(10-8-13)11-15(20)12-23-16-5-3-14(18)4-6-16/h3-6,13,15,20H,2,7-12H2,1H3. The van der Waals surface area contributed by atoms with Crippen molar-refractivity contribution in [2.45, 2.75) is 25.9 Å². The molecule has 1 atom stereocenters. The third-order valence-corrected chi connectivity index (χ3v) is 4.18. The lowest BCUT2D eigenvalue weighted by Crippen LogP contribution is -2.42. The molecule has 0 aliphatic carbocycles. The van der Waals surface area contributed by atoms with E-state index in [1.807, 2.05) is 6.92 Å². The van der Waals surface area contributed by atoms with Gasteiger partial charge in [0.1, 0.15) is 18.5 Å². The molecule has 23 heavy (non-hydrogen) atoms. The smallest absolute Gasteiger partial charge is 0.309 e. The van der Waals surface area contributed by atoms with Gasteiger partial charge in [0.05, 0.1) is 12.5 Å². The predicted octanol–water partition coefficient (Wildman–Crippen LogP) is 2.35. The molecular weight excluding hydrogens is 318 g/mol. The summed E-state index contributed by atoms with van der Waals surface area (Å²) in [5.41, 5.74) is 0. The molecule has 1 saturated heterocycles. The van der Waals surface area contributed by atoms with E-state index in [-0.39, 0.29) is 18.5 Å². The third-order valence-electron chi connectivity index (χ3n) is 3.93. The summed E-state index contributed by atoms with van der Waals surface area (Å²) in [6, 6.07) is 7.06. The number of rotatable bonds is 7. The summed E-state index contributed by atoms with van der Waals surface area (Å²) < 4.78 is 10.6. The lowest BCUT2D eigenvalue weighted by atomic mass is 9.97. The minimum atomic E-state index is -0.565. The van der Waals surface area contributed by atoms with Crippen LogP contribution in [0.25, 0.3) is 0 Å². The van der Waals surface area contributed by atoms with Crippen molar-refractivity contribution in [1.29, 1.82) is 0 Å². The lowest BCUT2D eigenvalue weighted by molar-refractivity contribution is -0.149. The van der Waals surface area contributed by atoms with Crippen LogP contribution in [0.4, 0.5) is 0 Å². The molecule has 5 nitrogen and oxygen atoms in total. The van der Waals surface area contributed by atoms with Gasteiger partial charge in [-0.25, -0.2) is 0 Å². The Labute approximate surface area is 142 Å². The number of halogens is 1. The zero-order chi connectivity index (χ0) is 16.7. The second-order valence-electron chi connectivity index (χ2n) is 5.75. The molecule has 1 fully saturated rings. The Hall–Kier alpha value is -1.30. The Morgan fingerprint density at radius 2 is 2.00 bits per heavy atom. The maximum Gasteiger partial charge on any atom is 0.309 e. The van der Waals surface area contributed by atoms with Crippen molar-refractivity contribution in [2.75, 3.05) is 32.8 Å². The predicted molar refractivity (Wildman–Crippen MR) is 88.8 cm³/mol. The zero-order valence-corrected chi connectivity index (χ0v) is 14.2. The van der Waals surface area contributed by atoms with Gasteiger partial charge < -0.3 is 19.5 Å². The molecule has 1 N–H and O–H groups in total. The van der Waals surface area contributed by atoms with Gasteiger partial charge in [0, 0.05) is 11.6 Å². The van der Waals surface area contributed by atoms with Crippen molar-refractivity contribution < 1.29 is 19.4 Å². The number of carbonyl (C=O) groups is 1. The normalized spacial score (nSPS) is 17.7. The van der Waals surface area contributed by atoms with E-state index in [0.29, 0.717) is 23.9 Å². The largest absolute Gasteiger partial charge is 0.491 e. The van der Waals surface area contributed by atoms with Gasteiger partial charge >= 0.3 is 5.97 Å². The monoisotopic (exact) mass is 341 g/mol. The maximum absolute atomic E-state index is 11.7. The number of piperidine rings is 1. The van der Waals surface area contributed by atoms with E-state index >= 15 is 0 Å². The number of aliphatic hydroxyl groups is 1. The highest BCUT2D eigenvalue weighted by Crippen LogP contribution is 2.19. The van der Waals surface area contributed by atoms with Crippen molar-refractivity contribution in [2.24, 2.45) is 5.92 Å². The van der Waals surface area contributed by atoms with Gasteiger partial charge in [0.25, 0.3) is 0 Å². The molecule has 0 aromatic heterocycles. The number of likely N-dealkylation sites (tertiary alicyclic amines) is 1. The number of hydrogen-bond acceptors (Lipinski definition) is 5. The molecular formula is C17H24ClNO4. The number of esters is 1. The first-order valence-corrected chi connectivity index (χ1v) is 8.41. The molecule has 0 spiro atoms. The Bertz CT molecular complexity index is 486. The number of hydrogen-bond donors (Lipinski definition) is 1. The summed E-state index contributed by atoms with van der Waals surface area (Å²) in [5.74, 6) is 0.585. The fourth-order valence-electron chi connectivity index (χ4n) is 2.69. The average Bonchev–Trinajstić information content (AvgIpc) is 2.55. The molecule has 1 heterocycles. The molecule has 0 saturated carbocycles. The van der Waals surface area contributed by atoms with Crippen molar-refractivity contribution in [3.05, 3.63) is 29.3 Å². The van der Waals surface area contributed by atoms with Crippen LogP contribution >= 0.6 is 11.6 Å². The molecule has 1 aromatic rings. The van der Waals surface area contributed by atoms with E-state index in [0.717, 1.165) is 25.9 Å². The molecule has 1 aromatic carbocycles. The SMILES string of the molecule is CCOC(=O)C1CCN(CC(O)COc2ccc(Cl)cc2)CC1. The number of β-amino-alcohol motifs (C(OH)–C–C–N with tert-alkyl or cyclic N) is 1. The van der Waals surface area contributed by atoms with Crippen LogP contribution in [0.15, 0.2) is 24.3 Å². The van der Waals surface area contributed by atoms with Crippen molar-refractivity contribution in [1.82, 2.24) is 4.90 Å². The molecule has 0 radical (unpaired) electrons. The maximum atomic E-state index is 11.7. The summed E-state index contributed by atoms with van der Waals surface area (Å²) in [6.45, 7) is 4.62. The van der Waals surface area contributed by atoms with Crippen LogP contribution in [0.5, 0.6) is 5.75 Å². The van der Waals surface area contributed by atoms with Gasteiger partial charge in [-0.2, -0.15) is 0 Å². The van der Waals surface area contributed by atoms with Crippen molar-refractivity contribution in [3.8, 4) is 5.75 Å². The van der Waals surface area contributed by atoms with Crippen molar-refractivity contribution >= 4 is 17.6 Å². The molecule has 128 valence electrons. The first-order chi connectivity index (χ1) is 11.1. The van der Waals surface area contributed by atoms with Gasteiger partial charge in [-0.1, -0.05) is 11.6 Å². The van der Waals surface area contributed by atoms with E-state index in [4.69, 9.17) is 21.1 Å². The van der Waals surface area contributed by atoms with Gasteiger partial charge in [0.2, 0.25) is 0 Å². The Morgan fingerprint density at radius 1 is 1.35 bits per heavy atom. The van der Waals surface area contributed by atoms with Crippen LogP contribution in [0.3, 0.4) is 0 Å². The molecule has 2 rings (SSSR count). The summed E-state index contributed by atoms with van der Waals surface area (Å²) in [6.07, 6.45) is 0.998. The van der Waals surface area contributed by atoms with Crippen LogP contribution in [-0.2, 0) is 9.53 Å². The summed E-state index contributed by atoms with van der Waals surface area (Å²) in [7, 11) is 0. The minimum Gasteiger partial charge on any atom is -0.491 e. The summed E-state index contributed by atoms with van der Waals surface area (Å²) in [5, 5.41) is 10.7. The molecule has 1 unspecified atom stereocenters. The fourth-order valence-corrected chi connectivity index (χ4v) is 2.81. The highest BCUT2D eigenvalue weighted by atomic mass is 35.5. The Balaban J connectivity index is 1.67. The van der Waals surface area contributed by atoms with E-state index < -0.39 is 6.10 Å². The Kier molecular flexibility index (Phi) is 7.15. The van der Waals surface area contributed by atoms with Gasteiger partial charge in [-0.3, -0.25) is 4.79 Å². The number of benzene rings is 1. The van der Waals surface area contributed by atoms with Crippen LogP contribution < -0.4 is 4.74 Å². The van der Waals surface area contributed by atoms with Gasteiger partial charge in [-0.05, 0) is 57.1 Å². The minimum absolute atomic E-state index is 0.00587. The van der Waals surface area contributed by atoms with Crippen LogP contribution in [0.2, 0.25) is 5.02 Å². The molecule has 1 aliphatic rings. The van der Waals surface area contributed by atoms with Crippen LogP contribution in [0.1, 0.15) is 19.8 Å². The first-order valence-electron chi connectivity index (χ1n) is 8.04. The van der Waals surface area contributed by atoms with Gasteiger partial charge in [0.15, 0.2) is 0 Å². The van der Waals surface area contributed by atoms with Crippen LogP contribution in [0, 0.1) is 5.92 Å². The number of aliphatic hydroxyl groups excluding tert-OH is 1. The third kappa shape index (κ3) is 6.01. The topological polar surface area (TPSA) is 59.0 Å². The van der Waals surface area contributed by atoms with E-state index in [1.165, 1.54) is 0 Å². The zero-order valence-electron chi connectivity index (χ0n) is 13.4.